The van der Waals surface area contributed by atoms with E-state index in [9.17, 15) is 9.59 Å². The molecule has 0 bridgehead atoms. The van der Waals surface area contributed by atoms with E-state index in [0.29, 0.717) is 23.6 Å². The third-order valence-corrected chi connectivity index (χ3v) is 3.80. The second-order valence-corrected chi connectivity index (χ2v) is 4.96. The summed E-state index contributed by atoms with van der Waals surface area (Å²) in [6.07, 6.45) is 2.04. The molecule has 0 saturated carbocycles. The zero-order valence-corrected chi connectivity index (χ0v) is 10.2. The number of nitrogens with zero attached hydrogens (tertiary/aromatic N) is 1. The van der Waals surface area contributed by atoms with E-state index >= 15 is 0 Å². The molecule has 3 rings (SSSR count). The van der Waals surface area contributed by atoms with Gasteiger partial charge < -0.3 is 5.32 Å². The summed E-state index contributed by atoms with van der Waals surface area (Å²) in [5.41, 5.74) is 1.10. The molecule has 0 aromatic heterocycles. The van der Waals surface area contributed by atoms with Crippen molar-refractivity contribution in [1.29, 1.82) is 0 Å². The summed E-state index contributed by atoms with van der Waals surface area (Å²) in [5, 5.41) is 3.30. The molecule has 4 nitrogen and oxygen atoms in total. The number of imide groups is 1. The molecule has 2 amide bonds. The minimum absolute atomic E-state index is 0.137. The van der Waals surface area contributed by atoms with E-state index < -0.39 is 0 Å². The van der Waals surface area contributed by atoms with Crippen LogP contribution in [0.15, 0.2) is 24.3 Å². The Bertz CT molecular complexity index is 457. The number of nitrogens with one attached hydrogen (secondary N) is 1. The third kappa shape index (κ3) is 1.82. The normalized spacial score (nSPS) is 22.7. The van der Waals surface area contributed by atoms with Gasteiger partial charge in [-0.25, -0.2) is 0 Å². The first kappa shape index (κ1) is 11.4. The van der Waals surface area contributed by atoms with Gasteiger partial charge in [0.15, 0.2) is 0 Å². The molecule has 18 heavy (non-hydrogen) atoms. The van der Waals surface area contributed by atoms with Crippen LogP contribution >= 0.6 is 0 Å². The highest BCUT2D eigenvalue weighted by atomic mass is 16.2. The van der Waals surface area contributed by atoms with Crippen LogP contribution in [0.5, 0.6) is 0 Å². The second-order valence-electron chi connectivity index (χ2n) is 4.96. The van der Waals surface area contributed by atoms with E-state index in [4.69, 9.17) is 0 Å². The fraction of sp³-hybridized carbons (Fsp3) is 0.429. The van der Waals surface area contributed by atoms with Gasteiger partial charge in [-0.15, -0.1) is 0 Å². The number of benzene rings is 1. The van der Waals surface area contributed by atoms with Crippen LogP contribution in [-0.2, 0) is 0 Å². The molecular weight excluding hydrogens is 228 g/mol. The maximum Gasteiger partial charge on any atom is 0.261 e. The van der Waals surface area contributed by atoms with Crippen molar-refractivity contribution in [2.45, 2.75) is 12.8 Å². The van der Waals surface area contributed by atoms with Crippen LogP contribution in [0.25, 0.3) is 0 Å². The van der Waals surface area contributed by atoms with Gasteiger partial charge in [-0.05, 0) is 44.0 Å². The topological polar surface area (TPSA) is 49.4 Å². The molecule has 94 valence electrons. The van der Waals surface area contributed by atoms with Gasteiger partial charge in [0, 0.05) is 6.54 Å². The van der Waals surface area contributed by atoms with E-state index in [1.807, 2.05) is 0 Å². The Balaban J connectivity index is 1.71. The average Bonchev–Trinajstić information content (AvgIpc) is 2.98. The van der Waals surface area contributed by atoms with E-state index in [0.717, 1.165) is 25.9 Å². The molecule has 1 fully saturated rings. The summed E-state index contributed by atoms with van der Waals surface area (Å²) < 4.78 is 0. The molecule has 2 aliphatic heterocycles. The van der Waals surface area contributed by atoms with Crippen molar-refractivity contribution in [2.75, 3.05) is 19.6 Å². The monoisotopic (exact) mass is 244 g/mol. The number of hydrogen-bond acceptors (Lipinski definition) is 3. The molecule has 1 aromatic rings. The van der Waals surface area contributed by atoms with E-state index in [2.05, 4.69) is 5.32 Å². The summed E-state index contributed by atoms with van der Waals surface area (Å²) in [4.78, 5) is 25.6. The van der Waals surface area contributed by atoms with Crippen LogP contribution in [0.4, 0.5) is 0 Å². The molecule has 2 aliphatic rings. The number of rotatable bonds is 3. The zero-order valence-electron chi connectivity index (χ0n) is 10.2. The maximum absolute atomic E-state index is 12.1. The van der Waals surface area contributed by atoms with E-state index in [-0.39, 0.29) is 11.8 Å². The minimum atomic E-state index is -0.137. The molecule has 1 aromatic carbocycles. The number of carbonyl (C=O) groups excluding carboxylic acids is 2. The number of carbonyl (C=O) groups is 2. The summed E-state index contributed by atoms with van der Waals surface area (Å²) in [6.45, 7) is 2.59. The largest absolute Gasteiger partial charge is 0.316 e. The van der Waals surface area contributed by atoms with Crippen molar-refractivity contribution in [3.05, 3.63) is 35.4 Å². The highest BCUT2D eigenvalue weighted by Gasteiger charge is 2.35. The smallest absolute Gasteiger partial charge is 0.261 e. The van der Waals surface area contributed by atoms with Crippen LogP contribution in [-0.4, -0.2) is 36.3 Å². The lowest BCUT2D eigenvalue weighted by Gasteiger charge is -2.16. The van der Waals surface area contributed by atoms with Gasteiger partial charge in [0.1, 0.15) is 0 Å². The van der Waals surface area contributed by atoms with Gasteiger partial charge in [-0.3, -0.25) is 14.5 Å². The Morgan fingerprint density at radius 1 is 1.17 bits per heavy atom. The Labute approximate surface area is 106 Å². The summed E-state index contributed by atoms with van der Waals surface area (Å²) in [6, 6.07) is 7.06. The third-order valence-electron chi connectivity index (χ3n) is 3.80. The van der Waals surface area contributed by atoms with Gasteiger partial charge >= 0.3 is 0 Å². The second kappa shape index (κ2) is 4.53. The highest BCUT2D eigenvalue weighted by Crippen LogP contribution is 2.23. The Hall–Kier alpha value is -1.68. The van der Waals surface area contributed by atoms with E-state index in [1.165, 1.54) is 4.90 Å². The van der Waals surface area contributed by atoms with Gasteiger partial charge in [0.05, 0.1) is 11.1 Å². The van der Waals surface area contributed by atoms with Crippen molar-refractivity contribution in [1.82, 2.24) is 10.2 Å². The molecular formula is C14H16N2O2. The molecule has 1 unspecified atom stereocenters. The minimum Gasteiger partial charge on any atom is -0.316 e. The van der Waals surface area contributed by atoms with Crippen molar-refractivity contribution >= 4 is 11.8 Å². The van der Waals surface area contributed by atoms with Gasteiger partial charge in [0.2, 0.25) is 0 Å². The van der Waals surface area contributed by atoms with Crippen LogP contribution < -0.4 is 5.32 Å². The quantitative estimate of drug-likeness (QED) is 0.815. The standard InChI is InChI=1S/C14H16N2O2/c17-13-11-3-1-2-4-12(11)14(18)16(13)8-6-10-5-7-15-9-10/h1-4,10,15H,5-9H2. The lowest BCUT2D eigenvalue weighted by atomic mass is 10.1. The van der Waals surface area contributed by atoms with Crippen LogP contribution in [0.3, 0.4) is 0 Å². The first-order valence-corrected chi connectivity index (χ1v) is 6.43. The SMILES string of the molecule is O=C1c2ccccc2C(=O)N1CCC1CCNC1. The van der Waals surface area contributed by atoms with Crippen molar-refractivity contribution in [3.63, 3.8) is 0 Å². The van der Waals surface area contributed by atoms with Gasteiger partial charge in [-0.1, -0.05) is 12.1 Å². The lowest BCUT2D eigenvalue weighted by Crippen LogP contribution is -2.32. The molecule has 4 heteroatoms. The van der Waals surface area contributed by atoms with Crippen LogP contribution in [0.2, 0.25) is 0 Å². The average molecular weight is 244 g/mol. The van der Waals surface area contributed by atoms with Crippen LogP contribution in [0.1, 0.15) is 33.6 Å². The highest BCUT2D eigenvalue weighted by molar-refractivity contribution is 6.21. The van der Waals surface area contributed by atoms with Gasteiger partial charge in [-0.2, -0.15) is 0 Å². The summed E-state index contributed by atoms with van der Waals surface area (Å²) >= 11 is 0. The number of fused-ring (bicyclic) bond motifs is 1. The molecule has 1 N–H and O–H groups in total. The molecule has 0 radical (unpaired) electrons. The number of hydrogen-bond donors (Lipinski definition) is 1. The molecule has 0 aliphatic carbocycles. The predicted octanol–water partition coefficient (Wildman–Crippen LogP) is 1.28. The maximum atomic E-state index is 12.1. The van der Waals surface area contributed by atoms with Crippen molar-refractivity contribution < 1.29 is 9.59 Å². The molecule has 0 spiro atoms. The predicted molar refractivity (Wildman–Crippen MR) is 67.4 cm³/mol. The first-order chi connectivity index (χ1) is 8.77. The fourth-order valence-electron chi connectivity index (χ4n) is 2.71. The first-order valence-electron chi connectivity index (χ1n) is 6.43. The zero-order chi connectivity index (χ0) is 12.5. The summed E-state index contributed by atoms with van der Waals surface area (Å²) in [7, 11) is 0. The Morgan fingerprint density at radius 3 is 2.39 bits per heavy atom. The molecule has 2 heterocycles. The van der Waals surface area contributed by atoms with Gasteiger partial charge in [0.25, 0.3) is 11.8 Å². The fourth-order valence-corrected chi connectivity index (χ4v) is 2.71. The lowest BCUT2D eigenvalue weighted by molar-refractivity contribution is 0.0646. The molecule has 1 atom stereocenters. The number of amides is 2. The Morgan fingerprint density at radius 2 is 1.83 bits per heavy atom. The van der Waals surface area contributed by atoms with E-state index in [1.54, 1.807) is 24.3 Å². The summed E-state index contributed by atoms with van der Waals surface area (Å²) in [5.74, 6) is 0.317. The Kier molecular flexibility index (Phi) is 2.88. The molecule has 1 saturated heterocycles. The van der Waals surface area contributed by atoms with Crippen LogP contribution in [0, 0.1) is 5.92 Å². The van der Waals surface area contributed by atoms with Crippen molar-refractivity contribution in [3.8, 4) is 0 Å². The van der Waals surface area contributed by atoms with Crippen molar-refractivity contribution in [2.24, 2.45) is 5.92 Å².